The highest BCUT2D eigenvalue weighted by Gasteiger charge is 2.38. The quantitative estimate of drug-likeness (QED) is 0.832. The van der Waals surface area contributed by atoms with E-state index in [1.807, 2.05) is 4.90 Å². The van der Waals surface area contributed by atoms with E-state index < -0.39 is 11.9 Å². The number of rotatable bonds is 4. The van der Waals surface area contributed by atoms with Crippen molar-refractivity contribution >= 4 is 5.91 Å². The summed E-state index contributed by atoms with van der Waals surface area (Å²) in [5, 5.41) is 3.73. The third-order valence-corrected chi connectivity index (χ3v) is 5.57. The summed E-state index contributed by atoms with van der Waals surface area (Å²) >= 11 is 0. The van der Waals surface area contributed by atoms with Gasteiger partial charge in [0.05, 0.1) is 0 Å². The molecule has 1 unspecified atom stereocenters. The zero-order chi connectivity index (χ0) is 17.6. The molecule has 1 aliphatic carbocycles. The van der Waals surface area contributed by atoms with Crippen molar-refractivity contribution in [3.63, 3.8) is 0 Å². The van der Waals surface area contributed by atoms with Crippen LogP contribution in [0.25, 0.3) is 0 Å². The first kappa shape index (κ1) is 16.9. The summed E-state index contributed by atoms with van der Waals surface area (Å²) in [4.78, 5) is 16.8. The Labute approximate surface area is 144 Å². The molecule has 25 heavy (non-hydrogen) atoms. The number of piperazine rings is 1. The van der Waals surface area contributed by atoms with Gasteiger partial charge >= 0.3 is 6.18 Å². The molecule has 3 aliphatic rings. The van der Waals surface area contributed by atoms with Crippen molar-refractivity contribution in [2.75, 3.05) is 26.2 Å². The van der Waals surface area contributed by atoms with E-state index in [1.165, 1.54) is 11.1 Å². The predicted octanol–water partition coefficient (Wildman–Crippen LogP) is 2.48. The number of fused-ring (bicyclic) bond motifs is 1. The topological polar surface area (TPSA) is 41.4 Å². The molecule has 1 aromatic rings. The Kier molecular flexibility index (Phi) is 4.25. The first-order chi connectivity index (χ1) is 11.9. The third-order valence-electron chi connectivity index (χ3n) is 5.57. The molecule has 8 heteroatoms. The van der Waals surface area contributed by atoms with Gasteiger partial charge in [-0.3, -0.25) is 14.4 Å². The van der Waals surface area contributed by atoms with E-state index in [4.69, 9.17) is 0 Å². The first-order valence-electron chi connectivity index (χ1n) is 9.08. The number of aryl methyl sites for hydroxylation is 1. The van der Waals surface area contributed by atoms with Gasteiger partial charge in [-0.1, -0.05) is 0 Å². The highest BCUT2D eigenvalue weighted by molar-refractivity contribution is 5.76. The molecule has 0 bridgehead atoms. The SMILES string of the molecule is O=C(CCn1nc(C(F)(F)F)cc1C1CC1)N1CCN2CCCC2C1. The lowest BCUT2D eigenvalue weighted by molar-refractivity contribution is -0.141. The van der Waals surface area contributed by atoms with Crippen LogP contribution in [0.4, 0.5) is 13.2 Å². The second kappa shape index (κ2) is 6.30. The van der Waals surface area contributed by atoms with Crippen LogP contribution in [0.5, 0.6) is 0 Å². The first-order valence-corrected chi connectivity index (χ1v) is 9.08. The molecule has 0 radical (unpaired) electrons. The largest absolute Gasteiger partial charge is 0.435 e. The Morgan fingerprint density at radius 1 is 1.20 bits per heavy atom. The Morgan fingerprint density at radius 2 is 2.00 bits per heavy atom. The number of aromatic nitrogens is 2. The number of carbonyl (C=O) groups excluding carboxylic acids is 1. The van der Waals surface area contributed by atoms with Crippen LogP contribution in [0.15, 0.2) is 6.07 Å². The lowest BCUT2D eigenvalue weighted by Gasteiger charge is -2.37. The second-order valence-corrected chi connectivity index (χ2v) is 7.37. The van der Waals surface area contributed by atoms with Crippen molar-refractivity contribution < 1.29 is 18.0 Å². The lowest BCUT2D eigenvalue weighted by atomic mass is 10.1. The lowest BCUT2D eigenvalue weighted by Crippen LogP contribution is -2.52. The number of nitrogens with zero attached hydrogens (tertiary/aromatic N) is 4. The molecule has 1 amide bonds. The van der Waals surface area contributed by atoms with Gasteiger partial charge in [0, 0.05) is 50.3 Å². The number of halogens is 3. The highest BCUT2D eigenvalue weighted by atomic mass is 19.4. The minimum atomic E-state index is -4.43. The maximum Gasteiger partial charge on any atom is 0.435 e. The van der Waals surface area contributed by atoms with Crippen molar-refractivity contribution in [2.24, 2.45) is 0 Å². The molecule has 3 heterocycles. The maximum absolute atomic E-state index is 12.9. The standard InChI is InChI=1S/C17H23F3N4O/c18-17(19,20)15-10-14(12-3-4-12)24(21-15)7-5-16(25)23-9-8-22-6-1-2-13(22)11-23/h10,12-13H,1-9,11H2. The molecule has 3 fully saturated rings. The number of hydrogen-bond donors (Lipinski definition) is 0. The number of hydrogen-bond acceptors (Lipinski definition) is 3. The monoisotopic (exact) mass is 356 g/mol. The summed E-state index contributed by atoms with van der Waals surface area (Å²) in [5.41, 5.74) is -0.220. The molecule has 1 atom stereocenters. The van der Waals surface area contributed by atoms with E-state index in [-0.39, 0.29) is 24.8 Å². The average Bonchev–Trinajstić information content (AvgIpc) is 3.14. The Hall–Kier alpha value is -1.57. The van der Waals surface area contributed by atoms with E-state index in [2.05, 4.69) is 10.00 Å². The van der Waals surface area contributed by atoms with Crippen LogP contribution in [0.2, 0.25) is 0 Å². The maximum atomic E-state index is 12.9. The smallest absolute Gasteiger partial charge is 0.340 e. The molecule has 5 nitrogen and oxygen atoms in total. The van der Waals surface area contributed by atoms with Crippen molar-refractivity contribution in [1.82, 2.24) is 19.6 Å². The summed E-state index contributed by atoms with van der Waals surface area (Å²) in [6.07, 6.45) is -0.0983. The molecule has 1 aromatic heterocycles. The van der Waals surface area contributed by atoms with Gasteiger partial charge in [-0.05, 0) is 38.3 Å². The molecule has 4 rings (SSSR count). The van der Waals surface area contributed by atoms with E-state index in [1.54, 1.807) is 0 Å². The second-order valence-electron chi connectivity index (χ2n) is 7.37. The molecule has 0 spiro atoms. The Bertz CT molecular complexity index is 653. The van der Waals surface area contributed by atoms with Gasteiger partial charge in [-0.25, -0.2) is 0 Å². The molecule has 138 valence electrons. The van der Waals surface area contributed by atoms with Crippen LogP contribution in [0.1, 0.15) is 49.4 Å². The van der Waals surface area contributed by atoms with Gasteiger partial charge in [0.1, 0.15) is 0 Å². The van der Waals surface area contributed by atoms with Gasteiger partial charge in [-0.2, -0.15) is 18.3 Å². The molecule has 1 saturated carbocycles. The van der Waals surface area contributed by atoms with Gasteiger partial charge in [0.15, 0.2) is 5.69 Å². The van der Waals surface area contributed by atoms with Gasteiger partial charge < -0.3 is 4.90 Å². The van der Waals surface area contributed by atoms with E-state index in [0.29, 0.717) is 11.7 Å². The fourth-order valence-electron chi connectivity index (χ4n) is 4.03. The van der Waals surface area contributed by atoms with Gasteiger partial charge in [0.25, 0.3) is 0 Å². The Balaban J connectivity index is 1.39. The van der Waals surface area contributed by atoms with Crippen LogP contribution < -0.4 is 0 Å². The van der Waals surface area contributed by atoms with Gasteiger partial charge in [0.2, 0.25) is 5.91 Å². The van der Waals surface area contributed by atoms with Crippen molar-refractivity contribution in [3.8, 4) is 0 Å². The highest BCUT2D eigenvalue weighted by Crippen LogP contribution is 2.42. The fraction of sp³-hybridized carbons (Fsp3) is 0.765. The van der Waals surface area contributed by atoms with Crippen LogP contribution in [-0.4, -0.2) is 57.7 Å². The van der Waals surface area contributed by atoms with E-state index in [9.17, 15) is 18.0 Å². The number of amides is 1. The average molecular weight is 356 g/mol. The molecular formula is C17H23F3N4O. The number of carbonyl (C=O) groups is 1. The van der Waals surface area contributed by atoms with Gasteiger partial charge in [-0.15, -0.1) is 0 Å². The summed E-state index contributed by atoms with van der Waals surface area (Å²) in [6, 6.07) is 1.61. The molecule has 0 aromatic carbocycles. The zero-order valence-corrected chi connectivity index (χ0v) is 14.1. The predicted molar refractivity (Wildman–Crippen MR) is 85.0 cm³/mol. The van der Waals surface area contributed by atoms with E-state index >= 15 is 0 Å². The normalized spacial score (nSPS) is 24.6. The summed E-state index contributed by atoms with van der Waals surface area (Å²) in [7, 11) is 0. The summed E-state index contributed by atoms with van der Waals surface area (Å²) < 4.78 is 40.2. The molecule has 2 saturated heterocycles. The molecular weight excluding hydrogens is 333 g/mol. The Morgan fingerprint density at radius 3 is 2.72 bits per heavy atom. The van der Waals surface area contributed by atoms with Crippen LogP contribution in [-0.2, 0) is 17.5 Å². The molecule has 0 N–H and O–H groups in total. The summed E-state index contributed by atoms with van der Waals surface area (Å²) in [6.45, 7) is 3.72. The number of alkyl halides is 3. The van der Waals surface area contributed by atoms with Crippen molar-refractivity contribution in [1.29, 1.82) is 0 Å². The van der Waals surface area contributed by atoms with Crippen LogP contribution >= 0.6 is 0 Å². The minimum absolute atomic E-state index is 0.0253. The van der Waals surface area contributed by atoms with E-state index in [0.717, 1.165) is 51.5 Å². The van der Waals surface area contributed by atoms with Crippen molar-refractivity contribution in [3.05, 3.63) is 17.5 Å². The van der Waals surface area contributed by atoms with Crippen molar-refractivity contribution in [2.45, 2.75) is 56.8 Å². The third kappa shape index (κ3) is 3.54. The zero-order valence-electron chi connectivity index (χ0n) is 14.1. The summed E-state index contributed by atoms with van der Waals surface area (Å²) in [5.74, 6) is 0.193. The molecule has 2 aliphatic heterocycles. The van der Waals surface area contributed by atoms with Crippen LogP contribution in [0.3, 0.4) is 0 Å². The fourth-order valence-corrected chi connectivity index (χ4v) is 4.03. The van der Waals surface area contributed by atoms with Crippen LogP contribution in [0, 0.1) is 0 Å². The minimum Gasteiger partial charge on any atom is -0.340 e.